The molecular formula is C22H29BrN4O3. The lowest BCUT2D eigenvalue weighted by molar-refractivity contribution is -0.137. The summed E-state index contributed by atoms with van der Waals surface area (Å²) in [5.74, 6) is 0.620. The Balaban J connectivity index is 1.88. The standard InChI is InChI=1S/C22H29BrN4O3/c1-5-16-10-11-18(27(16)21(28)19(13(2)3)26-22(29)30-4)20-24-12-17(25-20)14-6-8-15(23)9-7-14/h6-9,12-13,16,18-19H,5,10-11H2,1-4H3,(H,24,25)(H,26,29)/t16?,18?,19-/m0/s1. The minimum absolute atomic E-state index is 0.0646. The van der Waals surface area contributed by atoms with Gasteiger partial charge in [0.1, 0.15) is 11.9 Å². The number of amides is 2. The lowest BCUT2D eigenvalue weighted by Gasteiger charge is -2.34. The van der Waals surface area contributed by atoms with E-state index in [1.165, 1.54) is 7.11 Å². The number of imidazole rings is 1. The summed E-state index contributed by atoms with van der Waals surface area (Å²) >= 11 is 3.45. The van der Waals surface area contributed by atoms with Crippen LogP contribution in [0.15, 0.2) is 34.9 Å². The number of hydrogen-bond acceptors (Lipinski definition) is 4. The number of rotatable bonds is 6. The van der Waals surface area contributed by atoms with Crippen LogP contribution in [0.5, 0.6) is 0 Å². The molecule has 2 aromatic rings. The number of carbonyl (C=O) groups is 2. The summed E-state index contributed by atoms with van der Waals surface area (Å²) in [5.41, 5.74) is 1.95. The number of hydrogen-bond donors (Lipinski definition) is 2. The SMILES string of the molecule is CCC1CCC(c2ncc(-c3ccc(Br)cc3)[nH]2)N1C(=O)[C@@H](NC(=O)OC)C(C)C. The van der Waals surface area contributed by atoms with Gasteiger partial charge in [0.15, 0.2) is 0 Å². The van der Waals surface area contributed by atoms with Crippen LogP contribution in [-0.2, 0) is 9.53 Å². The second kappa shape index (κ2) is 9.64. The van der Waals surface area contributed by atoms with Crippen LogP contribution in [0.3, 0.4) is 0 Å². The largest absolute Gasteiger partial charge is 0.453 e. The van der Waals surface area contributed by atoms with Crippen molar-refractivity contribution >= 4 is 27.9 Å². The molecule has 8 heteroatoms. The van der Waals surface area contributed by atoms with Crippen molar-refractivity contribution in [3.63, 3.8) is 0 Å². The Morgan fingerprint density at radius 1 is 1.30 bits per heavy atom. The number of nitrogens with one attached hydrogen (secondary N) is 2. The quantitative estimate of drug-likeness (QED) is 0.634. The lowest BCUT2D eigenvalue weighted by atomic mass is 10.0. The molecule has 1 aromatic heterocycles. The van der Waals surface area contributed by atoms with Gasteiger partial charge >= 0.3 is 6.09 Å². The lowest BCUT2D eigenvalue weighted by Crippen LogP contribution is -2.53. The Morgan fingerprint density at radius 2 is 2.00 bits per heavy atom. The van der Waals surface area contributed by atoms with Crippen molar-refractivity contribution in [2.24, 2.45) is 5.92 Å². The van der Waals surface area contributed by atoms with Gasteiger partial charge in [-0.2, -0.15) is 0 Å². The maximum Gasteiger partial charge on any atom is 0.407 e. The molecule has 0 radical (unpaired) electrons. The molecule has 1 fully saturated rings. The summed E-state index contributed by atoms with van der Waals surface area (Å²) in [5, 5.41) is 2.71. The first kappa shape index (κ1) is 22.3. The Morgan fingerprint density at radius 3 is 2.60 bits per heavy atom. The maximum atomic E-state index is 13.5. The Hall–Kier alpha value is -2.35. The second-order valence-corrected chi connectivity index (χ2v) is 8.86. The van der Waals surface area contributed by atoms with E-state index in [2.05, 4.69) is 38.1 Å². The van der Waals surface area contributed by atoms with Gasteiger partial charge < -0.3 is 19.9 Å². The van der Waals surface area contributed by atoms with Crippen LogP contribution in [0.4, 0.5) is 4.79 Å². The Kier molecular flexibility index (Phi) is 7.18. The highest BCUT2D eigenvalue weighted by Crippen LogP contribution is 2.38. The fourth-order valence-corrected chi connectivity index (χ4v) is 4.29. The zero-order valence-electron chi connectivity index (χ0n) is 17.8. The summed E-state index contributed by atoms with van der Waals surface area (Å²) < 4.78 is 5.74. The number of aromatic amines is 1. The highest BCUT2D eigenvalue weighted by molar-refractivity contribution is 9.10. The highest BCUT2D eigenvalue weighted by Gasteiger charge is 2.42. The predicted molar refractivity (Wildman–Crippen MR) is 119 cm³/mol. The van der Waals surface area contributed by atoms with Crippen LogP contribution < -0.4 is 5.32 Å². The van der Waals surface area contributed by atoms with Gasteiger partial charge in [-0.15, -0.1) is 0 Å². The van der Waals surface area contributed by atoms with Crippen molar-refractivity contribution in [1.29, 1.82) is 0 Å². The van der Waals surface area contributed by atoms with Crippen molar-refractivity contribution in [3.8, 4) is 11.3 Å². The van der Waals surface area contributed by atoms with Crippen LogP contribution in [0, 0.1) is 5.92 Å². The van der Waals surface area contributed by atoms with E-state index in [4.69, 9.17) is 4.74 Å². The Bertz CT molecular complexity index is 881. The molecule has 3 rings (SSSR count). The van der Waals surface area contributed by atoms with Gasteiger partial charge in [0.25, 0.3) is 0 Å². The molecule has 2 heterocycles. The smallest absolute Gasteiger partial charge is 0.407 e. The first-order valence-corrected chi connectivity index (χ1v) is 11.1. The average molecular weight is 477 g/mol. The molecule has 1 aliphatic heterocycles. The van der Waals surface area contributed by atoms with Gasteiger partial charge in [-0.1, -0.05) is 48.8 Å². The minimum atomic E-state index is -0.645. The van der Waals surface area contributed by atoms with Crippen molar-refractivity contribution in [2.75, 3.05) is 7.11 Å². The molecule has 2 unspecified atom stereocenters. The first-order valence-electron chi connectivity index (χ1n) is 10.3. The molecule has 0 saturated carbocycles. The van der Waals surface area contributed by atoms with E-state index in [1.54, 1.807) is 0 Å². The molecule has 2 N–H and O–H groups in total. The number of nitrogens with zero attached hydrogens (tertiary/aromatic N) is 2. The molecule has 1 saturated heterocycles. The van der Waals surface area contributed by atoms with Gasteiger partial charge in [0.2, 0.25) is 5.91 Å². The monoisotopic (exact) mass is 476 g/mol. The third-order valence-electron chi connectivity index (χ3n) is 5.69. The summed E-state index contributed by atoms with van der Waals surface area (Å²) in [6.45, 7) is 5.92. The molecule has 7 nitrogen and oxygen atoms in total. The molecule has 0 aliphatic carbocycles. The third-order valence-corrected chi connectivity index (χ3v) is 6.21. The van der Waals surface area contributed by atoms with E-state index in [0.29, 0.717) is 0 Å². The van der Waals surface area contributed by atoms with Gasteiger partial charge in [0, 0.05) is 10.5 Å². The van der Waals surface area contributed by atoms with E-state index in [0.717, 1.165) is 40.8 Å². The first-order chi connectivity index (χ1) is 14.3. The molecule has 1 aromatic carbocycles. The second-order valence-electron chi connectivity index (χ2n) is 7.95. The average Bonchev–Trinajstić information content (AvgIpc) is 3.38. The Labute approximate surface area is 185 Å². The van der Waals surface area contributed by atoms with Crippen molar-refractivity contribution < 1.29 is 14.3 Å². The van der Waals surface area contributed by atoms with Gasteiger partial charge in [-0.3, -0.25) is 4.79 Å². The molecular weight excluding hydrogens is 448 g/mol. The van der Waals surface area contributed by atoms with Crippen LogP contribution in [-0.4, -0.2) is 46.1 Å². The molecule has 3 atom stereocenters. The molecule has 1 aliphatic rings. The van der Waals surface area contributed by atoms with E-state index in [9.17, 15) is 9.59 Å². The summed E-state index contributed by atoms with van der Waals surface area (Å²) in [6, 6.07) is 7.33. The van der Waals surface area contributed by atoms with Crippen LogP contribution in [0.2, 0.25) is 0 Å². The normalized spacial score (nSPS) is 19.7. The van der Waals surface area contributed by atoms with Crippen molar-refractivity contribution in [2.45, 2.75) is 58.2 Å². The maximum absolute atomic E-state index is 13.5. The fourth-order valence-electron chi connectivity index (χ4n) is 4.03. The number of benzene rings is 1. The van der Waals surface area contributed by atoms with Crippen molar-refractivity contribution in [3.05, 3.63) is 40.8 Å². The van der Waals surface area contributed by atoms with E-state index >= 15 is 0 Å². The van der Waals surface area contributed by atoms with Crippen LogP contribution in [0.25, 0.3) is 11.3 Å². The van der Waals surface area contributed by atoms with E-state index < -0.39 is 12.1 Å². The topological polar surface area (TPSA) is 87.3 Å². The van der Waals surface area contributed by atoms with Gasteiger partial charge in [-0.05, 0) is 42.9 Å². The summed E-state index contributed by atoms with van der Waals surface area (Å²) in [4.78, 5) is 35.2. The highest BCUT2D eigenvalue weighted by atomic mass is 79.9. The molecule has 2 amide bonds. The number of ether oxygens (including phenoxy) is 1. The molecule has 0 bridgehead atoms. The molecule has 30 heavy (non-hydrogen) atoms. The van der Waals surface area contributed by atoms with E-state index in [-0.39, 0.29) is 23.9 Å². The number of H-pyrrole nitrogens is 1. The fraction of sp³-hybridized carbons (Fsp3) is 0.500. The van der Waals surface area contributed by atoms with Crippen LogP contribution in [0.1, 0.15) is 51.9 Å². The number of methoxy groups -OCH3 is 1. The number of carbonyl (C=O) groups excluding carboxylic acids is 2. The molecule has 162 valence electrons. The zero-order chi connectivity index (χ0) is 21.8. The summed E-state index contributed by atoms with van der Waals surface area (Å²) in [6.07, 6.45) is 3.81. The summed E-state index contributed by atoms with van der Waals surface area (Å²) in [7, 11) is 1.30. The van der Waals surface area contributed by atoms with E-state index in [1.807, 2.05) is 49.2 Å². The van der Waals surface area contributed by atoms with Crippen LogP contribution >= 0.6 is 15.9 Å². The third kappa shape index (κ3) is 4.69. The van der Waals surface area contributed by atoms with Gasteiger partial charge in [-0.25, -0.2) is 9.78 Å². The van der Waals surface area contributed by atoms with Gasteiger partial charge in [0.05, 0.1) is 25.0 Å². The number of aromatic nitrogens is 2. The number of halogens is 1. The predicted octanol–water partition coefficient (Wildman–Crippen LogP) is 4.66. The van der Waals surface area contributed by atoms with Crippen molar-refractivity contribution in [1.82, 2.24) is 20.2 Å². The number of alkyl carbamates (subject to hydrolysis) is 1. The number of likely N-dealkylation sites (tertiary alicyclic amines) is 1. The zero-order valence-corrected chi connectivity index (χ0v) is 19.4. The minimum Gasteiger partial charge on any atom is -0.453 e. The molecule has 0 spiro atoms.